The summed E-state index contributed by atoms with van der Waals surface area (Å²) in [5, 5.41) is 4.62. The van der Waals surface area contributed by atoms with Gasteiger partial charge in [-0.1, -0.05) is 18.2 Å². The number of nitrogens with zero attached hydrogens (tertiary/aromatic N) is 3. The Morgan fingerprint density at radius 3 is 2.70 bits per heavy atom. The quantitative estimate of drug-likeness (QED) is 0.932. The maximum atomic E-state index is 12.7. The van der Waals surface area contributed by atoms with Crippen molar-refractivity contribution in [3.8, 4) is 5.69 Å². The van der Waals surface area contributed by atoms with Gasteiger partial charge in [-0.25, -0.2) is 4.68 Å². The second-order valence-corrected chi connectivity index (χ2v) is 5.88. The van der Waals surface area contributed by atoms with E-state index in [0.29, 0.717) is 12.2 Å². The van der Waals surface area contributed by atoms with Crippen LogP contribution in [-0.4, -0.2) is 40.2 Å². The number of carbonyl (C=O) groups is 1. The first-order valence-electron chi connectivity index (χ1n) is 7.77. The third-order valence-electron chi connectivity index (χ3n) is 4.46. The molecule has 124 valence electrons. The molecule has 2 N–H and O–H groups in total. The molecule has 6 heteroatoms. The van der Waals surface area contributed by atoms with E-state index in [0.717, 1.165) is 30.5 Å². The van der Waals surface area contributed by atoms with Gasteiger partial charge < -0.3 is 10.6 Å². The van der Waals surface area contributed by atoms with Crippen molar-refractivity contribution < 1.29 is 4.79 Å². The maximum absolute atomic E-state index is 12.7. The second-order valence-electron chi connectivity index (χ2n) is 5.88. The number of para-hydroxylation sites is 1. The molecule has 2 aromatic rings. The van der Waals surface area contributed by atoms with Crippen LogP contribution in [-0.2, 0) is 12.8 Å². The Balaban J connectivity index is 0.00000192. The Hall–Kier alpha value is -1.85. The molecule has 0 bridgehead atoms. The summed E-state index contributed by atoms with van der Waals surface area (Å²) >= 11 is 0. The number of fused-ring (bicyclic) bond motifs is 1. The summed E-state index contributed by atoms with van der Waals surface area (Å²) < 4.78 is 1.93. The Morgan fingerprint density at radius 2 is 2.04 bits per heavy atom. The van der Waals surface area contributed by atoms with E-state index in [1.807, 2.05) is 41.9 Å². The Bertz CT molecular complexity index is 683. The van der Waals surface area contributed by atoms with Crippen LogP contribution in [0.2, 0.25) is 0 Å². The number of halogens is 1. The number of likely N-dealkylation sites (N-methyl/N-ethyl adjacent to an activating group) is 1. The van der Waals surface area contributed by atoms with Crippen molar-refractivity contribution in [3.63, 3.8) is 0 Å². The highest BCUT2D eigenvalue weighted by atomic mass is 35.5. The monoisotopic (exact) mass is 334 g/mol. The predicted octanol–water partition coefficient (Wildman–Crippen LogP) is 2.20. The Morgan fingerprint density at radius 1 is 1.35 bits per heavy atom. The normalized spacial score (nSPS) is 14.0. The number of carbonyl (C=O) groups excluding carboxylic acids is 1. The van der Waals surface area contributed by atoms with Gasteiger partial charge in [0.15, 0.2) is 5.69 Å². The van der Waals surface area contributed by atoms with Gasteiger partial charge in [-0.15, -0.1) is 12.4 Å². The van der Waals surface area contributed by atoms with Gasteiger partial charge in [-0.05, 0) is 38.3 Å². The highest BCUT2D eigenvalue weighted by molar-refractivity contribution is 5.94. The molecule has 0 aliphatic heterocycles. The lowest BCUT2D eigenvalue weighted by molar-refractivity contribution is 0.0741. The van der Waals surface area contributed by atoms with Gasteiger partial charge in [0.1, 0.15) is 0 Å². The zero-order valence-corrected chi connectivity index (χ0v) is 14.3. The van der Waals surface area contributed by atoms with Crippen LogP contribution in [0.5, 0.6) is 0 Å². The summed E-state index contributed by atoms with van der Waals surface area (Å²) in [7, 11) is 1.79. The summed E-state index contributed by atoms with van der Waals surface area (Å²) in [5.41, 5.74) is 9.54. The molecule has 0 saturated heterocycles. The van der Waals surface area contributed by atoms with Gasteiger partial charge in [0, 0.05) is 30.9 Å². The molecule has 1 atom stereocenters. The number of aromatic nitrogens is 2. The maximum Gasteiger partial charge on any atom is 0.274 e. The topological polar surface area (TPSA) is 64.2 Å². The molecule has 0 radical (unpaired) electrons. The van der Waals surface area contributed by atoms with Gasteiger partial charge in [0.05, 0.1) is 5.69 Å². The molecule has 1 heterocycles. The standard InChI is InChI=1S/C17H22N4O.ClH/c1-12(11-18)20(2)17(22)16-14-9-6-10-15(14)21(19-16)13-7-4-3-5-8-13;/h3-5,7-8,12H,6,9-11,18H2,1-2H3;1H. The zero-order valence-electron chi connectivity index (χ0n) is 13.5. The third-order valence-corrected chi connectivity index (χ3v) is 4.46. The lowest BCUT2D eigenvalue weighted by atomic mass is 10.1. The highest BCUT2D eigenvalue weighted by Crippen LogP contribution is 2.28. The molecule has 0 saturated carbocycles. The minimum atomic E-state index is -0.0363. The molecule has 0 spiro atoms. The number of benzene rings is 1. The van der Waals surface area contributed by atoms with E-state index in [-0.39, 0.29) is 24.4 Å². The van der Waals surface area contributed by atoms with Crippen LogP contribution in [0.15, 0.2) is 30.3 Å². The van der Waals surface area contributed by atoms with Crippen LogP contribution in [0.1, 0.15) is 35.1 Å². The van der Waals surface area contributed by atoms with E-state index >= 15 is 0 Å². The lowest BCUT2D eigenvalue weighted by Gasteiger charge is -2.23. The largest absolute Gasteiger partial charge is 0.336 e. The van der Waals surface area contributed by atoms with Crippen LogP contribution in [0, 0.1) is 0 Å². The van der Waals surface area contributed by atoms with Crippen LogP contribution in [0.25, 0.3) is 5.69 Å². The minimum Gasteiger partial charge on any atom is -0.336 e. The summed E-state index contributed by atoms with van der Waals surface area (Å²) in [5.74, 6) is -0.0363. The molecule has 1 aromatic heterocycles. The van der Waals surface area contributed by atoms with Crippen molar-refractivity contribution in [2.75, 3.05) is 13.6 Å². The van der Waals surface area contributed by atoms with Gasteiger partial charge in [-0.2, -0.15) is 5.10 Å². The first-order valence-corrected chi connectivity index (χ1v) is 7.77. The summed E-state index contributed by atoms with van der Waals surface area (Å²) in [4.78, 5) is 14.4. The molecule has 3 rings (SSSR count). The molecule has 1 aliphatic rings. The zero-order chi connectivity index (χ0) is 15.7. The van der Waals surface area contributed by atoms with E-state index in [4.69, 9.17) is 5.73 Å². The van der Waals surface area contributed by atoms with E-state index in [1.165, 1.54) is 5.69 Å². The molecule has 5 nitrogen and oxygen atoms in total. The lowest BCUT2D eigenvalue weighted by Crippen LogP contribution is -2.40. The van der Waals surface area contributed by atoms with E-state index in [1.54, 1.807) is 11.9 Å². The third kappa shape index (κ3) is 3.12. The van der Waals surface area contributed by atoms with Crippen LogP contribution >= 0.6 is 12.4 Å². The van der Waals surface area contributed by atoms with Gasteiger partial charge in [0.2, 0.25) is 0 Å². The van der Waals surface area contributed by atoms with Crippen molar-refractivity contribution in [2.24, 2.45) is 5.73 Å². The smallest absolute Gasteiger partial charge is 0.274 e. The second kappa shape index (κ2) is 7.15. The molecule has 1 amide bonds. The fourth-order valence-electron chi connectivity index (χ4n) is 2.92. The van der Waals surface area contributed by atoms with Gasteiger partial charge in [-0.3, -0.25) is 4.79 Å². The van der Waals surface area contributed by atoms with E-state index in [2.05, 4.69) is 5.10 Å². The molecule has 1 aliphatic carbocycles. The highest BCUT2D eigenvalue weighted by Gasteiger charge is 2.29. The molecule has 1 aromatic carbocycles. The van der Waals surface area contributed by atoms with E-state index < -0.39 is 0 Å². The fraction of sp³-hybridized carbons (Fsp3) is 0.412. The van der Waals surface area contributed by atoms with Crippen LogP contribution in [0.3, 0.4) is 0 Å². The fourth-order valence-corrected chi connectivity index (χ4v) is 2.92. The van der Waals surface area contributed by atoms with Crippen molar-refractivity contribution in [2.45, 2.75) is 32.2 Å². The summed E-state index contributed by atoms with van der Waals surface area (Å²) in [6.45, 7) is 2.40. The average molecular weight is 335 g/mol. The van der Waals surface area contributed by atoms with Gasteiger partial charge in [0.25, 0.3) is 5.91 Å². The summed E-state index contributed by atoms with van der Waals surface area (Å²) in [6.07, 6.45) is 2.98. The number of hydrogen-bond acceptors (Lipinski definition) is 3. The van der Waals surface area contributed by atoms with Crippen molar-refractivity contribution in [1.29, 1.82) is 0 Å². The molecular formula is C17H23ClN4O. The summed E-state index contributed by atoms with van der Waals surface area (Å²) in [6, 6.07) is 10.0. The molecular weight excluding hydrogens is 312 g/mol. The van der Waals surface area contributed by atoms with E-state index in [9.17, 15) is 4.79 Å². The van der Waals surface area contributed by atoms with Crippen molar-refractivity contribution in [3.05, 3.63) is 47.3 Å². The van der Waals surface area contributed by atoms with Gasteiger partial charge >= 0.3 is 0 Å². The first-order chi connectivity index (χ1) is 10.6. The Kier molecular flexibility index (Phi) is 5.44. The van der Waals surface area contributed by atoms with Crippen molar-refractivity contribution in [1.82, 2.24) is 14.7 Å². The molecule has 23 heavy (non-hydrogen) atoms. The molecule has 0 fully saturated rings. The number of hydrogen-bond donors (Lipinski definition) is 1. The molecule has 1 unspecified atom stereocenters. The van der Waals surface area contributed by atoms with Crippen LogP contribution in [0.4, 0.5) is 0 Å². The number of amides is 1. The van der Waals surface area contributed by atoms with Crippen molar-refractivity contribution >= 4 is 18.3 Å². The number of rotatable bonds is 4. The number of nitrogens with two attached hydrogens (primary N) is 1. The minimum absolute atomic E-state index is 0. The average Bonchev–Trinajstić information content (AvgIpc) is 3.15. The van der Waals surface area contributed by atoms with Crippen LogP contribution < -0.4 is 5.73 Å². The predicted molar refractivity (Wildman–Crippen MR) is 93.4 cm³/mol. The first kappa shape index (κ1) is 17.5. The Labute approximate surface area is 142 Å². The SMILES string of the molecule is CC(CN)N(C)C(=O)c1nn(-c2ccccc2)c2c1CCC2.Cl.